The number of hydrogen-bond donors (Lipinski definition) is 2. The summed E-state index contributed by atoms with van der Waals surface area (Å²) in [6.07, 6.45) is 0.896. The lowest BCUT2D eigenvalue weighted by atomic mass is 9.85. The number of anilines is 1. The molecule has 1 aliphatic carbocycles. The van der Waals surface area contributed by atoms with Gasteiger partial charge in [0.15, 0.2) is 0 Å². The van der Waals surface area contributed by atoms with Crippen molar-refractivity contribution in [2.45, 2.75) is 26.3 Å². The molecule has 5 nitrogen and oxygen atoms in total. The van der Waals surface area contributed by atoms with Crippen molar-refractivity contribution < 1.29 is 4.79 Å². The molecule has 1 heterocycles. The molecule has 0 spiro atoms. The minimum absolute atomic E-state index is 0.0789. The van der Waals surface area contributed by atoms with E-state index in [1.807, 2.05) is 30.3 Å². The summed E-state index contributed by atoms with van der Waals surface area (Å²) in [5.41, 5.74) is 3.66. The highest BCUT2D eigenvalue weighted by molar-refractivity contribution is 9.10. The predicted molar refractivity (Wildman–Crippen MR) is 116 cm³/mol. The van der Waals surface area contributed by atoms with Crippen molar-refractivity contribution >= 4 is 38.6 Å². The minimum Gasteiger partial charge on any atom is -0.331 e. The van der Waals surface area contributed by atoms with Crippen LogP contribution in [0.2, 0.25) is 0 Å². The van der Waals surface area contributed by atoms with Crippen LogP contribution in [0.4, 0.5) is 10.5 Å². The molecule has 2 aromatic carbocycles. The zero-order valence-electron chi connectivity index (χ0n) is 16.0. The first-order valence-corrected chi connectivity index (χ1v) is 10.0. The quantitative estimate of drug-likeness (QED) is 0.605. The van der Waals surface area contributed by atoms with Crippen LogP contribution in [0.5, 0.6) is 0 Å². The van der Waals surface area contributed by atoms with E-state index in [9.17, 15) is 9.59 Å². The van der Waals surface area contributed by atoms with Gasteiger partial charge in [-0.25, -0.2) is 4.79 Å². The molecule has 0 saturated heterocycles. The summed E-state index contributed by atoms with van der Waals surface area (Å²) in [6, 6.07) is 14.7. The Morgan fingerprint density at radius 2 is 1.93 bits per heavy atom. The van der Waals surface area contributed by atoms with Crippen LogP contribution in [0.15, 0.2) is 57.8 Å². The van der Waals surface area contributed by atoms with E-state index in [1.165, 1.54) is 5.56 Å². The summed E-state index contributed by atoms with van der Waals surface area (Å²) < 4.78 is 2.66. The predicted octanol–water partition coefficient (Wildman–Crippen LogP) is 4.75. The molecule has 1 atom stereocenters. The Bertz CT molecular complexity index is 1150. The van der Waals surface area contributed by atoms with Gasteiger partial charge < -0.3 is 15.2 Å². The number of aryl methyl sites for hydroxylation is 1. The lowest BCUT2D eigenvalue weighted by Crippen LogP contribution is -2.38. The Balaban J connectivity index is 1.58. The van der Waals surface area contributed by atoms with Gasteiger partial charge in [0.1, 0.15) is 0 Å². The molecule has 1 unspecified atom stereocenters. The van der Waals surface area contributed by atoms with Crippen molar-refractivity contribution in [2.75, 3.05) is 5.32 Å². The fraction of sp³-hybridized carbons (Fsp3) is 0.273. The Kier molecular flexibility index (Phi) is 4.54. The first kappa shape index (κ1) is 18.7. The molecule has 1 aliphatic rings. The number of fused-ring (bicyclic) bond motifs is 2. The Morgan fingerprint density at radius 3 is 2.71 bits per heavy atom. The molecule has 2 amide bonds. The monoisotopic (exact) mass is 439 g/mol. The first-order chi connectivity index (χ1) is 13.3. The van der Waals surface area contributed by atoms with Gasteiger partial charge in [-0.3, -0.25) is 4.79 Å². The van der Waals surface area contributed by atoms with Crippen LogP contribution < -0.4 is 16.2 Å². The van der Waals surface area contributed by atoms with Crippen molar-refractivity contribution in [3.05, 3.63) is 74.5 Å². The molecular weight excluding hydrogens is 418 g/mol. The van der Waals surface area contributed by atoms with E-state index in [0.717, 1.165) is 27.4 Å². The normalized spacial score (nSPS) is 17.4. The number of nitrogens with zero attached hydrogens (tertiary/aromatic N) is 1. The van der Waals surface area contributed by atoms with Crippen LogP contribution in [0.25, 0.3) is 10.9 Å². The molecule has 2 N–H and O–H groups in total. The maximum Gasteiger partial charge on any atom is 0.319 e. The third kappa shape index (κ3) is 3.22. The van der Waals surface area contributed by atoms with Crippen LogP contribution in [-0.2, 0) is 13.5 Å². The lowest BCUT2D eigenvalue weighted by Gasteiger charge is -2.28. The van der Waals surface area contributed by atoms with Gasteiger partial charge in [0.25, 0.3) is 5.56 Å². The summed E-state index contributed by atoms with van der Waals surface area (Å²) in [5, 5.41) is 7.00. The smallest absolute Gasteiger partial charge is 0.319 e. The van der Waals surface area contributed by atoms with E-state index < -0.39 is 0 Å². The zero-order valence-corrected chi connectivity index (χ0v) is 17.6. The van der Waals surface area contributed by atoms with E-state index in [-0.39, 0.29) is 23.0 Å². The topological polar surface area (TPSA) is 63.1 Å². The minimum atomic E-state index is -0.258. The van der Waals surface area contributed by atoms with Crippen molar-refractivity contribution in [2.24, 2.45) is 12.5 Å². The molecule has 3 aromatic rings. The molecular formula is C22H22BrN3O2. The number of aromatic nitrogens is 1. The second-order valence-corrected chi connectivity index (χ2v) is 8.86. The molecule has 0 aliphatic heterocycles. The molecule has 1 aromatic heterocycles. The lowest BCUT2D eigenvalue weighted by molar-refractivity contribution is 0.229. The summed E-state index contributed by atoms with van der Waals surface area (Å²) in [7, 11) is 1.73. The van der Waals surface area contributed by atoms with E-state index in [4.69, 9.17) is 0 Å². The number of pyridine rings is 1. The fourth-order valence-electron chi connectivity index (χ4n) is 4.03. The van der Waals surface area contributed by atoms with Gasteiger partial charge in [-0.2, -0.15) is 0 Å². The average molecular weight is 440 g/mol. The maximum atomic E-state index is 12.7. The van der Waals surface area contributed by atoms with E-state index in [2.05, 4.69) is 46.5 Å². The fourth-order valence-corrected chi connectivity index (χ4v) is 4.55. The molecule has 4 rings (SSSR count). The molecule has 28 heavy (non-hydrogen) atoms. The van der Waals surface area contributed by atoms with Gasteiger partial charge in [0.2, 0.25) is 0 Å². The number of carbonyl (C=O) groups is 1. The van der Waals surface area contributed by atoms with Crippen LogP contribution in [0.1, 0.15) is 31.0 Å². The largest absolute Gasteiger partial charge is 0.331 e. The van der Waals surface area contributed by atoms with Crippen LogP contribution in [0.3, 0.4) is 0 Å². The first-order valence-electron chi connectivity index (χ1n) is 9.21. The SMILES string of the molecule is Cn1c(=O)ccc2ccc(NC(=O)NC3c4cccc(Br)c4CC3(C)C)cc21. The van der Waals surface area contributed by atoms with Crippen LogP contribution in [-0.4, -0.2) is 10.6 Å². The third-order valence-electron chi connectivity index (χ3n) is 5.54. The van der Waals surface area contributed by atoms with Crippen molar-refractivity contribution in [1.29, 1.82) is 0 Å². The second-order valence-electron chi connectivity index (χ2n) is 8.01. The van der Waals surface area contributed by atoms with E-state index >= 15 is 0 Å². The van der Waals surface area contributed by atoms with Crippen molar-refractivity contribution in [3.8, 4) is 0 Å². The molecule has 6 heteroatoms. The standard InChI is InChI=1S/C22H22BrN3O2/c1-22(2)12-16-15(5-4-6-17(16)23)20(22)25-21(28)24-14-9-7-13-8-10-19(27)26(3)18(13)11-14/h4-11,20H,12H2,1-3H3,(H2,24,25,28). The Hall–Kier alpha value is -2.60. The van der Waals surface area contributed by atoms with Gasteiger partial charge in [0.05, 0.1) is 11.6 Å². The number of benzene rings is 2. The second kappa shape index (κ2) is 6.78. The third-order valence-corrected chi connectivity index (χ3v) is 6.28. The molecule has 0 saturated carbocycles. The molecule has 144 valence electrons. The van der Waals surface area contributed by atoms with Crippen molar-refractivity contribution in [1.82, 2.24) is 9.88 Å². The molecule has 0 radical (unpaired) electrons. The average Bonchev–Trinajstić information content (AvgIpc) is 2.90. The highest BCUT2D eigenvalue weighted by Crippen LogP contribution is 2.47. The summed E-state index contributed by atoms with van der Waals surface area (Å²) in [5.74, 6) is 0. The highest BCUT2D eigenvalue weighted by atomic mass is 79.9. The van der Waals surface area contributed by atoms with E-state index in [0.29, 0.717) is 5.69 Å². The zero-order chi connectivity index (χ0) is 20.1. The Labute approximate surface area is 171 Å². The van der Waals surface area contributed by atoms with Gasteiger partial charge >= 0.3 is 6.03 Å². The number of amides is 2. The van der Waals surface area contributed by atoms with Gasteiger partial charge in [0, 0.05) is 23.3 Å². The molecule has 0 bridgehead atoms. The van der Waals surface area contributed by atoms with Gasteiger partial charge in [-0.15, -0.1) is 0 Å². The number of halogens is 1. The van der Waals surface area contributed by atoms with Crippen molar-refractivity contribution in [3.63, 3.8) is 0 Å². The highest BCUT2D eigenvalue weighted by Gasteiger charge is 2.40. The van der Waals surface area contributed by atoms with E-state index in [1.54, 1.807) is 23.7 Å². The van der Waals surface area contributed by atoms with Crippen LogP contribution in [0, 0.1) is 5.41 Å². The summed E-state index contributed by atoms with van der Waals surface area (Å²) in [6.45, 7) is 4.33. The Morgan fingerprint density at radius 1 is 1.18 bits per heavy atom. The molecule has 0 fully saturated rings. The number of rotatable bonds is 2. The van der Waals surface area contributed by atoms with Gasteiger partial charge in [-0.1, -0.05) is 48.0 Å². The summed E-state index contributed by atoms with van der Waals surface area (Å²) in [4.78, 5) is 24.6. The maximum absolute atomic E-state index is 12.7. The number of carbonyl (C=O) groups excluding carboxylic acids is 1. The number of nitrogens with one attached hydrogen (secondary N) is 2. The van der Waals surface area contributed by atoms with Crippen LogP contribution >= 0.6 is 15.9 Å². The number of urea groups is 1. The van der Waals surface area contributed by atoms with Gasteiger partial charge in [-0.05, 0) is 52.6 Å². The number of hydrogen-bond acceptors (Lipinski definition) is 2. The summed E-state index contributed by atoms with van der Waals surface area (Å²) >= 11 is 3.63.